The van der Waals surface area contributed by atoms with E-state index in [4.69, 9.17) is 0 Å². The third-order valence-electron chi connectivity index (χ3n) is 3.06. The zero-order chi connectivity index (χ0) is 15.9. The molecule has 1 N–H and O–H groups in total. The van der Waals surface area contributed by atoms with Crippen LogP contribution in [0.5, 0.6) is 0 Å². The van der Waals surface area contributed by atoms with Crippen LogP contribution in [0.2, 0.25) is 0 Å². The van der Waals surface area contributed by atoms with Gasteiger partial charge in [0.2, 0.25) is 0 Å². The van der Waals surface area contributed by atoms with Crippen LogP contribution in [-0.2, 0) is 9.59 Å². The topological polar surface area (TPSA) is 59.1 Å². The first-order valence-electron chi connectivity index (χ1n) is 7.10. The van der Waals surface area contributed by atoms with E-state index in [9.17, 15) is 9.59 Å². The number of nitrogens with one attached hydrogen (secondary N) is 1. The molecule has 1 amide bonds. The lowest BCUT2D eigenvalue weighted by atomic mass is 9.98. The molecular formula is C18H18N2O2. The van der Waals surface area contributed by atoms with Crippen molar-refractivity contribution in [3.63, 3.8) is 0 Å². The van der Waals surface area contributed by atoms with Gasteiger partial charge in [-0.15, -0.1) is 0 Å². The van der Waals surface area contributed by atoms with Crippen LogP contribution in [-0.4, -0.2) is 16.7 Å². The molecule has 0 radical (unpaired) electrons. The van der Waals surface area contributed by atoms with Crippen LogP contribution in [0.4, 0.5) is 5.69 Å². The number of hydrogen-bond donors (Lipinski definition) is 1. The Bertz CT molecular complexity index is 677. The summed E-state index contributed by atoms with van der Waals surface area (Å²) in [5, 5.41) is 2.75. The minimum Gasteiger partial charge on any atom is -0.322 e. The SMILES string of the molecule is CC(C)C(=O)/C(=C\c1cccnc1)C(=O)Nc1ccccc1. The number of rotatable bonds is 5. The minimum absolute atomic E-state index is 0.131. The molecule has 0 atom stereocenters. The lowest BCUT2D eigenvalue weighted by Crippen LogP contribution is -2.23. The van der Waals surface area contributed by atoms with Gasteiger partial charge in [-0.25, -0.2) is 0 Å². The molecule has 0 fully saturated rings. The van der Waals surface area contributed by atoms with Gasteiger partial charge < -0.3 is 5.32 Å². The molecule has 1 aromatic heterocycles. The van der Waals surface area contributed by atoms with Gasteiger partial charge in [0.25, 0.3) is 5.91 Å². The van der Waals surface area contributed by atoms with Crippen molar-refractivity contribution in [1.29, 1.82) is 0 Å². The van der Waals surface area contributed by atoms with E-state index >= 15 is 0 Å². The van der Waals surface area contributed by atoms with Crippen molar-refractivity contribution in [3.05, 3.63) is 66.0 Å². The Hall–Kier alpha value is -2.75. The quantitative estimate of drug-likeness (QED) is 0.523. The Kier molecular flexibility index (Phi) is 5.20. The van der Waals surface area contributed by atoms with E-state index in [1.54, 1.807) is 56.6 Å². The molecule has 0 unspecified atom stereocenters. The molecule has 0 saturated carbocycles. The molecule has 0 aliphatic carbocycles. The number of ketones is 1. The molecule has 0 aliphatic rings. The Morgan fingerprint density at radius 3 is 2.41 bits per heavy atom. The van der Waals surface area contributed by atoms with Gasteiger partial charge in [0.1, 0.15) is 0 Å². The van der Waals surface area contributed by atoms with Gasteiger partial charge in [-0.05, 0) is 29.8 Å². The lowest BCUT2D eigenvalue weighted by molar-refractivity contribution is -0.121. The molecule has 112 valence electrons. The molecule has 0 saturated heterocycles. The van der Waals surface area contributed by atoms with E-state index in [1.807, 2.05) is 18.2 Å². The normalized spacial score (nSPS) is 11.3. The fourth-order valence-corrected chi connectivity index (χ4v) is 1.91. The molecule has 0 spiro atoms. The number of para-hydroxylation sites is 1. The Labute approximate surface area is 129 Å². The van der Waals surface area contributed by atoms with Crippen molar-refractivity contribution in [2.75, 3.05) is 5.32 Å². The third kappa shape index (κ3) is 4.12. The summed E-state index contributed by atoms with van der Waals surface area (Å²) in [6.07, 6.45) is 4.84. The van der Waals surface area contributed by atoms with Crippen molar-refractivity contribution in [3.8, 4) is 0 Å². The second-order valence-corrected chi connectivity index (χ2v) is 5.18. The predicted octanol–water partition coefficient (Wildman–Crippen LogP) is 3.33. The number of anilines is 1. The minimum atomic E-state index is -0.409. The van der Waals surface area contributed by atoms with E-state index in [1.165, 1.54) is 0 Å². The summed E-state index contributed by atoms with van der Waals surface area (Å²) in [6.45, 7) is 3.55. The van der Waals surface area contributed by atoms with E-state index in [2.05, 4.69) is 10.3 Å². The lowest BCUT2D eigenvalue weighted by Gasteiger charge is -2.10. The van der Waals surface area contributed by atoms with Crippen LogP contribution in [0.3, 0.4) is 0 Å². The summed E-state index contributed by atoms with van der Waals surface area (Å²) in [4.78, 5) is 28.8. The number of benzene rings is 1. The second kappa shape index (κ2) is 7.31. The van der Waals surface area contributed by atoms with Crippen LogP contribution in [0.1, 0.15) is 19.4 Å². The summed E-state index contributed by atoms with van der Waals surface area (Å²) in [5.41, 5.74) is 1.50. The van der Waals surface area contributed by atoms with E-state index < -0.39 is 5.91 Å². The van der Waals surface area contributed by atoms with Crippen LogP contribution < -0.4 is 5.32 Å². The third-order valence-corrected chi connectivity index (χ3v) is 3.06. The number of carbonyl (C=O) groups is 2. The monoisotopic (exact) mass is 294 g/mol. The van der Waals surface area contributed by atoms with E-state index in [0.717, 1.165) is 5.56 Å². The highest BCUT2D eigenvalue weighted by molar-refractivity contribution is 6.26. The highest BCUT2D eigenvalue weighted by atomic mass is 16.2. The highest BCUT2D eigenvalue weighted by Gasteiger charge is 2.21. The number of aromatic nitrogens is 1. The molecular weight excluding hydrogens is 276 g/mol. The van der Waals surface area contributed by atoms with Gasteiger partial charge in [-0.1, -0.05) is 38.1 Å². The molecule has 4 nitrogen and oxygen atoms in total. The summed E-state index contributed by atoms with van der Waals surface area (Å²) in [5.74, 6) is -0.865. The Balaban J connectivity index is 2.30. The van der Waals surface area contributed by atoms with Gasteiger partial charge >= 0.3 is 0 Å². The number of hydrogen-bond acceptors (Lipinski definition) is 3. The number of carbonyl (C=O) groups excluding carboxylic acids is 2. The van der Waals surface area contributed by atoms with Crippen LogP contribution in [0.15, 0.2) is 60.4 Å². The summed E-state index contributed by atoms with van der Waals surface area (Å²) in [6, 6.07) is 12.6. The maximum atomic E-state index is 12.4. The largest absolute Gasteiger partial charge is 0.322 e. The number of pyridine rings is 1. The first-order chi connectivity index (χ1) is 10.6. The molecule has 1 aromatic carbocycles. The summed E-state index contributed by atoms with van der Waals surface area (Å²) in [7, 11) is 0. The number of amides is 1. The maximum absolute atomic E-state index is 12.4. The van der Waals surface area contributed by atoms with Crippen molar-refractivity contribution in [2.24, 2.45) is 5.92 Å². The Morgan fingerprint density at radius 2 is 1.82 bits per heavy atom. The smallest absolute Gasteiger partial charge is 0.259 e. The van der Waals surface area contributed by atoms with E-state index in [-0.39, 0.29) is 17.3 Å². The molecule has 1 heterocycles. The standard InChI is InChI=1S/C18H18N2O2/c1-13(2)17(21)16(11-14-7-6-10-19-12-14)18(22)20-15-8-4-3-5-9-15/h3-13H,1-2H3,(H,20,22)/b16-11+. The first kappa shape index (κ1) is 15.6. The predicted molar refractivity (Wildman–Crippen MR) is 87.1 cm³/mol. The Morgan fingerprint density at radius 1 is 1.09 bits per heavy atom. The average Bonchev–Trinajstić information content (AvgIpc) is 2.53. The van der Waals surface area contributed by atoms with Gasteiger partial charge in [0.15, 0.2) is 5.78 Å². The average molecular weight is 294 g/mol. The van der Waals surface area contributed by atoms with Crippen LogP contribution in [0, 0.1) is 5.92 Å². The molecule has 2 rings (SSSR count). The van der Waals surface area contributed by atoms with E-state index in [0.29, 0.717) is 5.69 Å². The summed E-state index contributed by atoms with van der Waals surface area (Å²) >= 11 is 0. The van der Waals surface area contributed by atoms with Crippen molar-refractivity contribution in [2.45, 2.75) is 13.8 Å². The highest BCUT2D eigenvalue weighted by Crippen LogP contribution is 2.14. The number of nitrogens with zero attached hydrogens (tertiary/aromatic N) is 1. The van der Waals surface area contributed by atoms with Crippen LogP contribution in [0.25, 0.3) is 6.08 Å². The van der Waals surface area contributed by atoms with Gasteiger partial charge in [-0.2, -0.15) is 0 Å². The molecule has 0 aliphatic heterocycles. The van der Waals surface area contributed by atoms with Gasteiger partial charge in [-0.3, -0.25) is 14.6 Å². The molecule has 22 heavy (non-hydrogen) atoms. The second-order valence-electron chi connectivity index (χ2n) is 5.18. The number of Topliss-reactive ketones (excluding diaryl/α,β-unsaturated/α-hetero) is 1. The first-order valence-corrected chi connectivity index (χ1v) is 7.10. The molecule has 0 bridgehead atoms. The van der Waals surface area contributed by atoms with Crippen molar-refractivity contribution < 1.29 is 9.59 Å². The van der Waals surface area contributed by atoms with Crippen LogP contribution >= 0.6 is 0 Å². The fourth-order valence-electron chi connectivity index (χ4n) is 1.91. The van der Waals surface area contributed by atoms with Crippen molar-refractivity contribution in [1.82, 2.24) is 4.98 Å². The molecule has 4 heteroatoms. The maximum Gasteiger partial charge on any atom is 0.259 e. The van der Waals surface area contributed by atoms with Gasteiger partial charge in [0.05, 0.1) is 5.57 Å². The zero-order valence-electron chi connectivity index (χ0n) is 12.6. The zero-order valence-corrected chi connectivity index (χ0v) is 12.6. The van der Waals surface area contributed by atoms with Crippen molar-refractivity contribution >= 4 is 23.5 Å². The fraction of sp³-hybridized carbons (Fsp3) is 0.167. The summed E-state index contributed by atoms with van der Waals surface area (Å²) < 4.78 is 0. The molecule has 2 aromatic rings. The van der Waals surface area contributed by atoms with Gasteiger partial charge in [0, 0.05) is 24.0 Å².